The molecule has 7 heteroatoms. The fourth-order valence-electron chi connectivity index (χ4n) is 2.28. The number of furan rings is 1. The first-order chi connectivity index (χ1) is 13.0. The summed E-state index contributed by atoms with van der Waals surface area (Å²) in [6.45, 7) is 2.17. The smallest absolute Gasteiger partial charge is 0.259 e. The molecule has 0 unspecified atom stereocenters. The first-order valence-electron chi connectivity index (χ1n) is 8.19. The van der Waals surface area contributed by atoms with Gasteiger partial charge in [-0.3, -0.25) is 4.79 Å². The van der Waals surface area contributed by atoms with E-state index < -0.39 is 0 Å². The molecule has 27 heavy (non-hydrogen) atoms. The van der Waals surface area contributed by atoms with E-state index in [4.69, 9.17) is 4.42 Å². The summed E-state index contributed by atoms with van der Waals surface area (Å²) >= 11 is 5.75. The lowest BCUT2D eigenvalue weighted by molar-refractivity contribution is -0.119. The SMILES string of the molecule is Cc1ccc(-c2ccc(/C=N\NC(=O)CNc3ccc(I)cc3)o2)cc1Br. The Labute approximate surface area is 179 Å². The number of carbonyl (C=O) groups excluding carboxylic acids is 1. The number of nitrogens with zero attached hydrogens (tertiary/aromatic N) is 1. The summed E-state index contributed by atoms with van der Waals surface area (Å²) in [6, 6.07) is 17.5. The van der Waals surface area contributed by atoms with Crippen molar-refractivity contribution in [2.24, 2.45) is 5.10 Å². The first kappa shape index (κ1) is 19.6. The van der Waals surface area contributed by atoms with Crippen LogP contribution in [0.4, 0.5) is 5.69 Å². The van der Waals surface area contributed by atoms with Crippen LogP contribution in [0.25, 0.3) is 11.3 Å². The predicted octanol–water partition coefficient (Wildman–Crippen LogP) is 5.18. The summed E-state index contributed by atoms with van der Waals surface area (Å²) < 4.78 is 7.92. The van der Waals surface area contributed by atoms with Crippen LogP contribution in [0.15, 0.2) is 68.6 Å². The molecule has 0 aliphatic heterocycles. The zero-order valence-electron chi connectivity index (χ0n) is 14.5. The van der Waals surface area contributed by atoms with E-state index in [1.54, 1.807) is 0 Å². The van der Waals surface area contributed by atoms with E-state index in [0.29, 0.717) is 5.76 Å². The Balaban J connectivity index is 1.52. The van der Waals surface area contributed by atoms with Gasteiger partial charge in [0.05, 0.1) is 12.8 Å². The van der Waals surface area contributed by atoms with Crippen LogP contribution >= 0.6 is 38.5 Å². The van der Waals surface area contributed by atoms with E-state index >= 15 is 0 Å². The van der Waals surface area contributed by atoms with Crippen molar-refractivity contribution in [1.29, 1.82) is 0 Å². The van der Waals surface area contributed by atoms with Crippen molar-refractivity contribution < 1.29 is 9.21 Å². The fourth-order valence-corrected chi connectivity index (χ4v) is 3.02. The van der Waals surface area contributed by atoms with Gasteiger partial charge in [0, 0.05) is 19.3 Å². The fraction of sp³-hybridized carbons (Fsp3) is 0.100. The van der Waals surface area contributed by atoms with Crippen molar-refractivity contribution in [3.63, 3.8) is 0 Å². The quantitative estimate of drug-likeness (QED) is 0.258. The maximum atomic E-state index is 11.8. The molecule has 0 saturated heterocycles. The minimum absolute atomic E-state index is 0.138. The number of anilines is 1. The average Bonchev–Trinajstić information content (AvgIpc) is 3.12. The largest absolute Gasteiger partial charge is 0.455 e. The highest BCUT2D eigenvalue weighted by molar-refractivity contribution is 14.1. The lowest BCUT2D eigenvalue weighted by Crippen LogP contribution is -2.25. The molecule has 5 nitrogen and oxygen atoms in total. The maximum Gasteiger partial charge on any atom is 0.259 e. The first-order valence-corrected chi connectivity index (χ1v) is 10.1. The summed E-state index contributed by atoms with van der Waals surface area (Å²) in [4.78, 5) is 11.8. The van der Waals surface area contributed by atoms with Crippen LogP contribution in [0.3, 0.4) is 0 Å². The second kappa shape index (κ2) is 9.18. The minimum atomic E-state index is -0.237. The molecular formula is C20H17BrIN3O2. The van der Waals surface area contributed by atoms with E-state index in [9.17, 15) is 4.79 Å². The summed E-state index contributed by atoms with van der Waals surface area (Å²) in [5, 5.41) is 6.98. The Bertz CT molecular complexity index is 968. The molecule has 3 aromatic rings. The van der Waals surface area contributed by atoms with Gasteiger partial charge in [-0.25, -0.2) is 5.43 Å². The number of carbonyl (C=O) groups is 1. The number of benzene rings is 2. The molecule has 0 spiro atoms. The monoisotopic (exact) mass is 537 g/mol. The molecule has 0 aliphatic carbocycles. The van der Waals surface area contributed by atoms with E-state index in [1.165, 1.54) is 6.21 Å². The summed E-state index contributed by atoms with van der Waals surface area (Å²) in [6.07, 6.45) is 1.48. The highest BCUT2D eigenvalue weighted by Gasteiger charge is 2.06. The van der Waals surface area contributed by atoms with Gasteiger partial charge in [-0.2, -0.15) is 5.10 Å². The van der Waals surface area contributed by atoms with E-state index in [0.717, 1.165) is 30.6 Å². The van der Waals surface area contributed by atoms with E-state index in [1.807, 2.05) is 61.5 Å². The molecule has 0 fully saturated rings. The van der Waals surface area contributed by atoms with Crippen molar-refractivity contribution in [2.45, 2.75) is 6.92 Å². The topological polar surface area (TPSA) is 66.6 Å². The molecule has 3 rings (SSSR count). The average molecular weight is 538 g/mol. The molecular weight excluding hydrogens is 521 g/mol. The minimum Gasteiger partial charge on any atom is -0.455 e. The lowest BCUT2D eigenvalue weighted by Gasteiger charge is -2.04. The van der Waals surface area contributed by atoms with Gasteiger partial charge >= 0.3 is 0 Å². The van der Waals surface area contributed by atoms with Crippen LogP contribution in [0.5, 0.6) is 0 Å². The summed E-state index contributed by atoms with van der Waals surface area (Å²) in [5.74, 6) is 1.07. The van der Waals surface area contributed by atoms with Gasteiger partial charge in [0.25, 0.3) is 5.91 Å². The number of hydrazone groups is 1. The van der Waals surface area contributed by atoms with Gasteiger partial charge in [-0.1, -0.05) is 28.1 Å². The standard InChI is InChI=1S/C20H17BrIN3O2/c1-13-2-3-14(10-18(13)21)19-9-8-17(27-19)11-24-25-20(26)12-23-16-6-4-15(22)5-7-16/h2-11,23H,12H2,1H3,(H,25,26)/b24-11-. The van der Waals surface area contributed by atoms with Gasteiger partial charge in [0.1, 0.15) is 11.5 Å². The van der Waals surface area contributed by atoms with Crippen molar-refractivity contribution in [3.05, 3.63) is 74.0 Å². The van der Waals surface area contributed by atoms with Crippen LogP contribution in [0, 0.1) is 10.5 Å². The Morgan fingerprint density at radius 3 is 2.70 bits per heavy atom. The maximum absolute atomic E-state index is 11.8. The van der Waals surface area contributed by atoms with Crippen molar-refractivity contribution in [1.82, 2.24) is 5.43 Å². The normalized spacial score (nSPS) is 10.9. The third-order valence-corrected chi connectivity index (χ3v) is 5.33. The van der Waals surface area contributed by atoms with Gasteiger partial charge in [-0.15, -0.1) is 0 Å². The molecule has 138 valence electrons. The molecule has 0 saturated carbocycles. The molecule has 2 aromatic carbocycles. The third-order valence-electron chi connectivity index (χ3n) is 3.76. The molecule has 0 aliphatic rings. The predicted molar refractivity (Wildman–Crippen MR) is 120 cm³/mol. The van der Waals surface area contributed by atoms with Gasteiger partial charge in [0.15, 0.2) is 0 Å². The molecule has 1 aromatic heterocycles. The Hall–Kier alpha value is -2.13. The number of hydrogen-bond donors (Lipinski definition) is 2. The second-order valence-electron chi connectivity index (χ2n) is 5.82. The van der Waals surface area contributed by atoms with Gasteiger partial charge in [-0.05, 0) is 77.5 Å². The Morgan fingerprint density at radius 1 is 1.19 bits per heavy atom. The van der Waals surface area contributed by atoms with Crippen molar-refractivity contribution in [3.8, 4) is 11.3 Å². The molecule has 2 N–H and O–H groups in total. The van der Waals surface area contributed by atoms with E-state index in [-0.39, 0.29) is 12.5 Å². The van der Waals surface area contributed by atoms with Gasteiger partial charge < -0.3 is 9.73 Å². The van der Waals surface area contributed by atoms with Crippen LogP contribution in [-0.2, 0) is 4.79 Å². The number of nitrogens with one attached hydrogen (secondary N) is 2. The summed E-state index contributed by atoms with van der Waals surface area (Å²) in [5.41, 5.74) is 5.49. The summed E-state index contributed by atoms with van der Waals surface area (Å²) in [7, 11) is 0. The zero-order valence-corrected chi connectivity index (χ0v) is 18.2. The van der Waals surface area contributed by atoms with Gasteiger partial charge in [0.2, 0.25) is 0 Å². The number of hydrogen-bond acceptors (Lipinski definition) is 4. The zero-order chi connectivity index (χ0) is 19.2. The third kappa shape index (κ3) is 5.67. The highest BCUT2D eigenvalue weighted by Crippen LogP contribution is 2.26. The molecule has 0 atom stereocenters. The van der Waals surface area contributed by atoms with Crippen LogP contribution in [0.1, 0.15) is 11.3 Å². The second-order valence-corrected chi connectivity index (χ2v) is 7.92. The number of halogens is 2. The molecule has 0 bridgehead atoms. The Kier molecular flexibility index (Phi) is 6.68. The molecule has 0 radical (unpaired) electrons. The Morgan fingerprint density at radius 2 is 1.96 bits per heavy atom. The molecule has 1 heterocycles. The van der Waals surface area contributed by atoms with Crippen LogP contribution < -0.4 is 10.7 Å². The number of aryl methyl sites for hydroxylation is 1. The lowest BCUT2D eigenvalue weighted by atomic mass is 10.1. The van der Waals surface area contributed by atoms with Crippen LogP contribution in [-0.4, -0.2) is 18.7 Å². The molecule has 1 amide bonds. The van der Waals surface area contributed by atoms with Crippen LogP contribution in [0.2, 0.25) is 0 Å². The highest BCUT2D eigenvalue weighted by atomic mass is 127. The number of rotatable bonds is 6. The number of amides is 1. The van der Waals surface area contributed by atoms with E-state index in [2.05, 4.69) is 54.4 Å². The van der Waals surface area contributed by atoms with Crippen molar-refractivity contribution in [2.75, 3.05) is 11.9 Å². The van der Waals surface area contributed by atoms with Crippen molar-refractivity contribution >= 4 is 56.3 Å².